The first-order chi connectivity index (χ1) is 6.40. The third kappa shape index (κ3) is 3.23. The third-order valence-corrected chi connectivity index (χ3v) is 2.00. The van der Waals surface area contributed by atoms with Crippen molar-refractivity contribution in [1.82, 2.24) is 9.97 Å². The second-order valence-corrected chi connectivity index (χ2v) is 2.87. The van der Waals surface area contributed by atoms with Crippen LogP contribution in [0.1, 0.15) is 5.56 Å². The fourth-order valence-electron chi connectivity index (χ4n) is 1.23. The molecule has 1 aromatic carbocycles. The lowest BCUT2D eigenvalue weighted by Gasteiger charge is -1.99. The van der Waals surface area contributed by atoms with E-state index in [1.807, 2.05) is 24.3 Å². The molecule has 5 heteroatoms. The first-order valence-electron chi connectivity index (χ1n) is 4.18. The molecule has 1 heterocycles. The monoisotopic (exact) mass is 245 g/mol. The summed E-state index contributed by atoms with van der Waals surface area (Å²) in [6, 6.07) is 8.12. The summed E-state index contributed by atoms with van der Waals surface area (Å²) < 4.78 is 0. The zero-order valence-corrected chi connectivity index (χ0v) is 9.65. The number of aromatic nitrogens is 2. The lowest BCUT2D eigenvalue weighted by Crippen LogP contribution is -1.95. The van der Waals surface area contributed by atoms with Gasteiger partial charge in [0.05, 0.1) is 18.2 Å². The number of nitrogens with one attached hydrogen (secondary N) is 1. The SMILES string of the molecule is Cl.Cl.NCc1ccc(-c2cnc[nH]2)cc1. The van der Waals surface area contributed by atoms with Crippen molar-refractivity contribution in [2.75, 3.05) is 0 Å². The summed E-state index contributed by atoms with van der Waals surface area (Å²) in [5.41, 5.74) is 8.81. The molecule has 3 N–H and O–H groups in total. The van der Waals surface area contributed by atoms with Crippen LogP contribution >= 0.6 is 24.8 Å². The molecule has 0 unspecified atom stereocenters. The smallest absolute Gasteiger partial charge is 0.0924 e. The highest BCUT2D eigenvalue weighted by atomic mass is 35.5. The van der Waals surface area contributed by atoms with Crippen molar-refractivity contribution in [2.45, 2.75) is 6.54 Å². The number of aromatic amines is 1. The molecule has 2 rings (SSSR count). The Bertz CT molecular complexity index is 370. The van der Waals surface area contributed by atoms with Crippen LogP contribution in [-0.4, -0.2) is 9.97 Å². The minimum absolute atomic E-state index is 0. The van der Waals surface area contributed by atoms with Crippen LogP contribution in [-0.2, 0) is 6.54 Å². The van der Waals surface area contributed by atoms with Crippen molar-refractivity contribution in [3.8, 4) is 11.3 Å². The zero-order chi connectivity index (χ0) is 9.10. The predicted molar refractivity (Wildman–Crippen MR) is 66.4 cm³/mol. The summed E-state index contributed by atoms with van der Waals surface area (Å²) in [4.78, 5) is 7.01. The van der Waals surface area contributed by atoms with Crippen molar-refractivity contribution in [2.24, 2.45) is 5.73 Å². The Morgan fingerprint density at radius 3 is 2.27 bits per heavy atom. The summed E-state index contributed by atoms with van der Waals surface area (Å²) in [5, 5.41) is 0. The van der Waals surface area contributed by atoms with Gasteiger partial charge >= 0.3 is 0 Å². The molecule has 0 spiro atoms. The number of benzene rings is 1. The van der Waals surface area contributed by atoms with Gasteiger partial charge in [-0.15, -0.1) is 24.8 Å². The standard InChI is InChI=1S/C10H11N3.2ClH/c11-5-8-1-3-9(4-2-8)10-6-12-7-13-10;;/h1-4,6-7H,5,11H2,(H,12,13);2*1H. The average Bonchev–Trinajstić information content (AvgIpc) is 2.71. The van der Waals surface area contributed by atoms with Gasteiger partial charge in [-0.2, -0.15) is 0 Å². The van der Waals surface area contributed by atoms with E-state index in [1.165, 1.54) is 0 Å². The fraction of sp³-hybridized carbons (Fsp3) is 0.100. The van der Waals surface area contributed by atoms with E-state index in [4.69, 9.17) is 5.73 Å². The summed E-state index contributed by atoms with van der Waals surface area (Å²) in [7, 11) is 0. The van der Waals surface area contributed by atoms with E-state index in [9.17, 15) is 0 Å². The molecule has 15 heavy (non-hydrogen) atoms. The first-order valence-corrected chi connectivity index (χ1v) is 4.18. The Kier molecular flexibility index (Phi) is 6.01. The highest BCUT2D eigenvalue weighted by Gasteiger charge is 1.97. The van der Waals surface area contributed by atoms with Gasteiger partial charge < -0.3 is 10.7 Å². The van der Waals surface area contributed by atoms with Crippen LogP contribution in [0.3, 0.4) is 0 Å². The number of rotatable bonds is 2. The number of hydrogen-bond acceptors (Lipinski definition) is 2. The molecule has 0 aliphatic heterocycles. The van der Waals surface area contributed by atoms with Gasteiger partial charge in [-0.1, -0.05) is 24.3 Å². The number of halogens is 2. The number of nitrogens with two attached hydrogens (primary N) is 1. The molecule has 82 valence electrons. The van der Waals surface area contributed by atoms with Crippen LogP contribution in [0.5, 0.6) is 0 Å². The van der Waals surface area contributed by atoms with Crippen molar-refractivity contribution in [3.05, 3.63) is 42.4 Å². The molecule has 0 fully saturated rings. The molecule has 3 nitrogen and oxygen atoms in total. The van der Waals surface area contributed by atoms with Gasteiger partial charge in [-0.05, 0) is 11.1 Å². The normalized spacial score (nSPS) is 8.87. The highest BCUT2D eigenvalue weighted by Crippen LogP contribution is 2.15. The Labute approximate surface area is 101 Å². The van der Waals surface area contributed by atoms with E-state index in [2.05, 4.69) is 9.97 Å². The van der Waals surface area contributed by atoms with Crippen molar-refractivity contribution < 1.29 is 0 Å². The third-order valence-electron chi connectivity index (χ3n) is 2.00. The first kappa shape index (κ1) is 14.0. The molecule has 0 bridgehead atoms. The van der Waals surface area contributed by atoms with Gasteiger partial charge in [0.1, 0.15) is 0 Å². The average molecular weight is 246 g/mol. The molecule has 0 saturated heterocycles. The molecule has 0 aliphatic rings. The lowest BCUT2D eigenvalue weighted by atomic mass is 10.1. The van der Waals surface area contributed by atoms with Crippen molar-refractivity contribution >= 4 is 24.8 Å². The summed E-state index contributed by atoms with van der Waals surface area (Å²) in [6.07, 6.45) is 3.48. The van der Waals surface area contributed by atoms with Gasteiger partial charge in [-0.25, -0.2) is 4.98 Å². The van der Waals surface area contributed by atoms with Crippen molar-refractivity contribution in [1.29, 1.82) is 0 Å². The Morgan fingerprint density at radius 1 is 1.13 bits per heavy atom. The summed E-state index contributed by atoms with van der Waals surface area (Å²) in [5.74, 6) is 0. The zero-order valence-electron chi connectivity index (χ0n) is 8.01. The summed E-state index contributed by atoms with van der Waals surface area (Å²) in [6.45, 7) is 0.587. The minimum atomic E-state index is 0. The van der Waals surface area contributed by atoms with Gasteiger partial charge in [-0.3, -0.25) is 0 Å². The Morgan fingerprint density at radius 2 is 1.80 bits per heavy atom. The maximum atomic E-state index is 5.50. The number of imidazole rings is 1. The van der Waals surface area contributed by atoms with E-state index in [-0.39, 0.29) is 24.8 Å². The Hall–Kier alpha value is -1.03. The van der Waals surface area contributed by atoms with Crippen LogP contribution in [0, 0.1) is 0 Å². The summed E-state index contributed by atoms with van der Waals surface area (Å²) >= 11 is 0. The second-order valence-electron chi connectivity index (χ2n) is 2.87. The molecule has 1 aromatic heterocycles. The second kappa shape index (κ2) is 6.45. The highest BCUT2D eigenvalue weighted by molar-refractivity contribution is 5.85. The number of nitrogens with zero attached hydrogens (tertiary/aromatic N) is 1. The largest absolute Gasteiger partial charge is 0.345 e. The van der Waals surface area contributed by atoms with Crippen LogP contribution in [0.25, 0.3) is 11.3 Å². The topological polar surface area (TPSA) is 54.7 Å². The number of H-pyrrole nitrogens is 1. The maximum Gasteiger partial charge on any atom is 0.0924 e. The van der Waals surface area contributed by atoms with E-state index in [1.54, 1.807) is 12.5 Å². The molecular weight excluding hydrogens is 233 g/mol. The molecular formula is C10H13Cl2N3. The Balaban J connectivity index is 0.000000980. The molecule has 0 atom stereocenters. The molecule has 0 radical (unpaired) electrons. The van der Waals surface area contributed by atoms with Gasteiger partial charge in [0.25, 0.3) is 0 Å². The predicted octanol–water partition coefficient (Wildman–Crippen LogP) is 2.38. The lowest BCUT2D eigenvalue weighted by molar-refractivity contribution is 1.07. The van der Waals surface area contributed by atoms with Gasteiger partial charge in [0.2, 0.25) is 0 Å². The van der Waals surface area contributed by atoms with Crippen LogP contribution in [0.4, 0.5) is 0 Å². The molecule has 2 aromatic rings. The van der Waals surface area contributed by atoms with Gasteiger partial charge in [0.15, 0.2) is 0 Å². The van der Waals surface area contributed by atoms with Crippen LogP contribution in [0.2, 0.25) is 0 Å². The molecule has 0 amide bonds. The fourth-order valence-corrected chi connectivity index (χ4v) is 1.23. The molecule has 0 saturated carbocycles. The van der Waals surface area contributed by atoms with Crippen LogP contribution in [0.15, 0.2) is 36.8 Å². The quantitative estimate of drug-likeness (QED) is 0.854. The number of hydrogen-bond donors (Lipinski definition) is 2. The minimum Gasteiger partial charge on any atom is -0.345 e. The van der Waals surface area contributed by atoms with E-state index in [0.29, 0.717) is 6.54 Å². The van der Waals surface area contributed by atoms with E-state index < -0.39 is 0 Å². The molecule has 0 aliphatic carbocycles. The maximum absolute atomic E-state index is 5.50. The van der Waals surface area contributed by atoms with Crippen LogP contribution < -0.4 is 5.73 Å². The van der Waals surface area contributed by atoms with Crippen molar-refractivity contribution in [3.63, 3.8) is 0 Å². The van der Waals surface area contributed by atoms with E-state index in [0.717, 1.165) is 16.8 Å². The van der Waals surface area contributed by atoms with E-state index >= 15 is 0 Å². The van der Waals surface area contributed by atoms with Gasteiger partial charge in [0, 0.05) is 6.54 Å².